The van der Waals surface area contributed by atoms with Gasteiger partial charge in [-0.25, -0.2) is 0 Å². The zero-order valence-corrected chi connectivity index (χ0v) is 11.1. The first kappa shape index (κ1) is 12.6. The van der Waals surface area contributed by atoms with Crippen molar-refractivity contribution in [1.29, 1.82) is 0 Å². The molecule has 2 aromatic rings. The van der Waals surface area contributed by atoms with Gasteiger partial charge in [0, 0.05) is 29.7 Å². The van der Waals surface area contributed by atoms with Crippen LogP contribution in [-0.4, -0.2) is 27.0 Å². The number of hydrogen-bond acceptors (Lipinski definition) is 5. The third kappa shape index (κ3) is 2.89. The van der Waals surface area contributed by atoms with Crippen molar-refractivity contribution in [3.63, 3.8) is 0 Å². The van der Waals surface area contributed by atoms with Crippen LogP contribution in [0.25, 0.3) is 0 Å². The molecule has 0 aliphatic rings. The van der Waals surface area contributed by atoms with Crippen molar-refractivity contribution in [2.24, 2.45) is 0 Å². The molecule has 2 aromatic heterocycles. The molecular formula is C12H14N4OS. The molecule has 0 unspecified atom stereocenters. The van der Waals surface area contributed by atoms with Crippen LogP contribution >= 0.6 is 11.5 Å². The van der Waals surface area contributed by atoms with Gasteiger partial charge in [-0.05, 0) is 23.2 Å². The number of carbonyl (C=O) groups excluding carboxylic acids is 1. The number of amides is 1. The highest BCUT2D eigenvalue weighted by molar-refractivity contribution is 7.03. The summed E-state index contributed by atoms with van der Waals surface area (Å²) in [5, 5.41) is 8.23. The molecule has 0 saturated heterocycles. The topological polar surface area (TPSA) is 67.8 Å². The molecule has 1 amide bonds. The monoisotopic (exact) mass is 262 g/mol. The smallest absolute Gasteiger partial charge is 0.272 e. The molecule has 2 rings (SSSR count). The second kappa shape index (κ2) is 5.22. The first-order chi connectivity index (χ1) is 8.59. The largest absolute Gasteiger partial charge is 0.350 e. The van der Waals surface area contributed by atoms with Gasteiger partial charge in [0.15, 0.2) is 5.69 Å². The maximum atomic E-state index is 11.8. The normalized spacial score (nSPS) is 11.2. The number of aromatic nitrogens is 3. The van der Waals surface area contributed by atoms with Crippen molar-refractivity contribution < 1.29 is 4.79 Å². The maximum Gasteiger partial charge on any atom is 0.272 e. The first-order valence-corrected chi connectivity index (χ1v) is 6.39. The fourth-order valence-corrected chi connectivity index (χ4v) is 1.96. The third-order valence-corrected chi connectivity index (χ3v) is 3.23. The molecule has 0 radical (unpaired) electrons. The van der Waals surface area contributed by atoms with Crippen LogP contribution in [0.2, 0.25) is 0 Å². The molecule has 0 aromatic carbocycles. The number of nitrogens with one attached hydrogen (secondary N) is 1. The molecule has 0 spiro atoms. The van der Waals surface area contributed by atoms with Crippen LogP contribution in [0.15, 0.2) is 29.9 Å². The van der Waals surface area contributed by atoms with E-state index in [1.54, 1.807) is 11.6 Å². The van der Waals surface area contributed by atoms with Crippen LogP contribution in [-0.2, 0) is 5.41 Å². The first-order valence-electron chi connectivity index (χ1n) is 5.55. The van der Waals surface area contributed by atoms with Gasteiger partial charge in [-0.2, -0.15) is 0 Å². The predicted molar refractivity (Wildman–Crippen MR) is 69.5 cm³/mol. The molecule has 0 fully saturated rings. The molecular weight excluding hydrogens is 248 g/mol. The Morgan fingerprint density at radius 2 is 2.33 bits per heavy atom. The van der Waals surface area contributed by atoms with E-state index in [0.29, 0.717) is 12.2 Å². The minimum Gasteiger partial charge on any atom is -0.350 e. The molecule has 0 aliphatic carbocycles. The molecule has 6 heteroatoms. The van der Waals surface area contributed by atoms with Gasteiger partial charge in [0.1, 0.15) is 0 Å². The van der Waals surface area contributed by atoms with E-state index in [1.807, 2.05) is 18.3 Å². The highest BCUT2D eigenvalue weighted by Crippen LogP contribution is 2.20. The molecule has 0 aliphatic heterocycles. The van der Waals surface area contributed by atoms with Crippen molar-refractivity contribution in [3.8, 4) is 0 Å². The van der Waals surface area contributed by atoms with Gasteiger partial charge < -0.3 is 5.32 Å². The van der Waals surface area contributed by atoms with Gasteiger partial charge in [0.25, 0.3) is 5.91 Å². The Balaban J connectivity index is 1.99. The van der Waals surface area contributed by atoms with E-state index in [4.69, 9.17) is 0 Å². The van der Waals surface area contributed by atoms with Crippen molar-refractivity contribution in [2.75, 3.05) is 6.54 Å². The second-order valence-corrected chi connectivity index (χ2v) is 5.21. The zero-order valence-electron chi connectivity index (χ0n) is 10.3. The summed E-state index contributed by atoms with van der Waals surface area (Å²) in [6.07, 6.45) is 3.55. The van der Waals surface area contributed by atoms with Crippen molar-refractivity contribution in [2.45, 2.75) is 19.3 Å². The summed E-state index contributed by atoms with van der Waals surface area (Å²) >= 11 is 1.17. The lowest BCUT2D eigenvalue weighted by atomic mass is 9.86. The molecule has 5 nitrogen and oxygen atoms in total. The van der Waals surface area contributed by atoms with Crippen LogP contribution in [0.5, 0.6) is 0 Å². The van der Waals surface area contributed by atoms with Gasteiger partial charge in [0.2, 0.25) is 0 Å². The number of pyridine rings is 1. The second-order valence-electron chi connectivity index (χ2n) is 4.60. The molecule has 18 heavy (non-hydrogen) atoms. The highest BCUT2D eigenvalue weighted by atomic mass is 32.1. The highest BCUT2D eigenvalue weighted by Gasteiger charge is 2.22. The maximum absolute atomic E-state index is 11.8. The van der Waals surface area contributed by atoms with Crippen molar-refractivity contribution in [1.82, 2.24) is 19.9 Å². The van der Waals surface area contributed by atoms with Crippen LogP contribution in [0.3, 0.4) is 0 Å². The molecule has 0 saturated carbocycles. The third-order valence-electron chi connectivity index (χ3n) is 2.73. The minimum atomic E-state index is -0.194. The van der Waals surface area contributed by atoms with Crippen molar-refractivity contribution in [3.05, 3.63) is 41.2 Å². The van der Waals surface area contributed by atoms with Gasteiger partial charge in [-0.1, -0.05) is 24.4 Å². The Morgan fingerprint density at radius 3 is 2.94 bits per heavy atom. The average Bonchev–Trinajstić information content (AvgIpc) is 2.91. The van der Waals surface area contributed by atoms with E-state index in [0.717, 1.165) is 5.56 Å². The summed E-state index contributed by atoms with van der Waals surface area (Å²) < 4.78 is 3.67. The Hall–Kier alpha value is -1.82. The fourth-order valence-electron chi connectivity index (χ4n) is 1.52. The number of nitrogens with zero attached hydrogens (tertiary/aromatic N) is 3. The Morgan fingerprint density at radius 1 is 1.50 bits per heavy atom. The van der Waals surface area contributed by atoms with E-state index in [-0.39, 0.29) is 11.3 Å². The fraction of sp³-hybridized carbons (Fsp3) is 0.333. The molecule has 0 bridgehead atoms. The van der Waals surface area contributed by atoms with E-state index < -0.39 is 0 Å². The summed E-state index contributed by atoms with van der Waals surface area (Å²) in [4.78, 5) is 15.9. The van der Waals surface area contributed by atoms with Crippen LogP contribution < -0.4 is 5.32 Å². The summed E-state index contributed by atoms with van der Waals surface area (Å²) in [5.41, 5.74) is 1.27. The lowest BCUT2D eigenvalue weighted by molar-refractivity contribution is 0.0940. The number of carbonyl (C=O) groups is 1. The average molecular weight is 262 g/mol. The van der Waals surface area contributed by atoms with E-state index in [2.05, 4.69) is 33.7 Å². The molecule has 94 valence electrons. The van der Waals surface area contributed by atoms with Crippen LogP contribution in [0.4, 0.5) is 0 Å². The van der Waals surface area contributed by atoms with Crippen molar-refractivity contribution >= 4 is 17.4 Å². The Kier molecular flexibility index (Phi) is 3.66. The van der Waals surface area contributed by atoms with Crippen LogP contribution in [0, 0.1) is 0 Å². The molecule has 0 atom stereocenters. The lowest BCUT2D eigenvalue weighted by Crippen LogP contribution is -2.36. The lowest BCUT2D eigenvalue weighted by Gasteiger charge is -2.24. The van der Waals surface area contributed by atoms with Crippen LogP contribution in [0.1, 0.15) is 29.9 Å². The van der Waals surface area contributed by atoms with E-state index >= 15 is 0 Å². The minimum absolute atomic E-state index is 0.173. The zero-order chi connectivity index (χ0) is 13.0. The van der Waals surface area contributed by atoms with Gasteiger partial charge in [0.05, 0.1) is 0 Å². The predicted octanol–water partition coefficient (Wildman–Crippen LogP) is 1.64. The van der Waals surface area contributed by atoms with Gasteiger partial charge in [-0.15, -0.1) is 5.10 Å². The summed E-state index contributed by atoms with van der Waals surface area (Å²) in [6.45, 7) is 4.64. The standard InChI is InChI=1S/C12H14N4OS/c1-12(2,9-4-3-5-13-6-9)8-14-11(17)10-7-18-16-15-10/h3-7H,8H2,1-2H3,(H,14,17). The molecule has 2 heterocycles. The number of rotatable bonds is 4. The van der Waals surface area contributed by atoms with E-state index in [9.17, 15) is 4.79 Å². The van der Waals surface area contributed by atoms with Gasteiger partial charge in [-0.3, -0.25) is 9.78 Å². The van der Waals surface area contributed by atoms with E-state index in [1.165, 1.54) is 11.5 Å². The summed E-state index contributed by atoms with van der Waals surface area (Å²) in [6, 6.07) is 3.90. The SMILES string of the molecule is CC(C)(CNC(=O)c1csnn1)c1cccnc1. The Bertz CT molecular complexity index is 510. The Labute approximate surface area is 109 Å². The number of hydrogen-bond donors (Lipinski definition) is 1. The summed E-state index contributed by atoms with van der Waals surface area (Å²) in [5.74, 6) is -0.194. The van der Waals surface area contributed by atoms with Gasteiger partial charge >= 0.3 is 0 Å². The molecule has 1 N–H and O–H groups in total. The quantitative estimate of drug-likeness (QED) is 0.909. The summed E-state index contributed by atoms with van der Waals surface area (Å²) in [7, 11) is 0.